The normalized spacial score (nSPS) is 19.6. The van der Waals surface area contributed by atoms with Gasteiger partial charge in [0.25, 0.3) is 0 Å². The Morgan fingerprint density at radius 1 is 0.872 bits per heavy atom. The van der Waals surface area contributed by atoms with Crippen molar-refractivity contribution in [2.45, 2.75) is 64.1 Å². The third-order valence-corrected chi connectivity index (χ3v) is 9.59. The Labute approximate surface area is 275 Å². The van der Waals surface area contributed by atoms with Crippen LogP contribution in [0.1, 0.15) is 63.3 Å². The topological polar surface area (TPSA) is 131 Å². The van der Waals surface area contributed by atoms with E-state index < -0.39 is 12.5 Å². The Kier molecular flexibility index (Phi) is 8.92. The van der Waals surface area contributed by atoms with Crippen LogP contribution in [-0.2, 0) is 9.53 Å². The predicted molar refractivity (Wildman–Crippen MR) is 183 cm³/mol. The summed E-state index contributed by atoms with van der Waals surface area (Å²) in [5, 5.41) is 18.8. The van der Waals surface area contributed by atoms with E-state index in [0.717, 1.165) is 71.1 Å². The number of hydrogen-bond acceptors (Lipinski definition) is 7. The van der Waals surface area contributed by atoms with Gasteiger partial charge in [0.2, 0.25) is 12.3 Å². The number of H-pyrrole nitrogens is 2. The molecule has 4 unspecified atom stereocenters. The zero-order chi connectivity index (χ0) is 32.5. The Hall–Kier alpha value is -4.35. The van der Waals surface area contributed by atoms with Crippen molar-refractivity contribution < 1.29 is 14.6 Å². The Bertz CT molecular complexity index is 1840. The highest BCUT2D eigenvalue weighted by atomic mass is 16.6. The minimum absolute atomic E-state index is 0.0197. The summed E-state index contributed by atoms with van der Waals surface area (Å²) in [4.78, 5) is 31.7. The molecule has 2 aliphatic heterocycles. The van der Waals surface area contributed by atoms with Gasteiger partial charge < -0.3 is 30.0 Å². The van der Waals surface area contributed by atoms with Gasteiger partial charge in [0, 0.05) is 19.2 Å². The molecule has 3 aromatic carbocycles. The maximum Gasteiger partial charge on any atom is 0.240 e. The second-order valence-corrected chi connectivity index (χ2v) is 13.0. The number of fused-ring (bicyclic) bond motifs is 1. The Morgan fingerprint density at radius 3 is 2.21 bits per heavy atom. The van der Waals surface area contributed by atoms with E-state index in [0.29, 0.717) is 12.6 Å². The number of aliphatic hydroxyl groups excluding tert-OH is 1. The van der Waals surface area contributed by atoms with Gasteiger partial charge in [0.05, 0.1) is 41.9 Å². The molecule has 4 heterocycles. The zero-order valence-electron chi connectivity index (χ0n) is 27.2. The van der Waals surface area contributed by atoms with Gasteiger partial charge in [0.15, 0.2) is 0 Å². The largest absolute Gasteiger partial charge is 0.356 e. The van der Waals surface area contributed by atoms with E-state index in [2.05, 4.69) is 86.2 Å². The van der Waals surface area contributed by atoms with Crippen LogP contribution in [0.25, 0.3) is 44.4 Å². The van der Waals surface area contributed by atoms with Crippen LogP contribution in [0.2, 0.25) is 0 Å². The van der Waals surface area contributed by atoms with E-state index in [9.17, 15) is 9.90 Å². The average Bonchev–Trinajstić information content (AvgIpc) is 3.93. The van der Waals surface area contributed by atoms with Crippen LogP contribution in [0.15, 0.2) is 73.1 Å². The molecule has 5 aromatic rings. The van der Waals surface area contributed by atoms with Crippen LogP contribution in [0, 0.1) is 5.92 Å². The summed E-state index contributed by atoms with van der Waals surface area (Å²) < 4.78 is 4.95. The summed E-state index contributed by atoms with van der Waals surface area (Å²) >= 11 is 0. The number of benzene rings is 3. The highest BCUT2D eigenvalue weighted by Crippen LogP contribution is 2.34. The second kappa shape index (κ2) is 13.4. The number of nitrogens with zero attached hydrogens (tertiary/aromatic N) is 3. The number of aromatic amines is 2. The van der Waals surface area contributed by atoms with Crippen molar-refractivity contribution in [3.63, 3.8) is 0 Å². The fourth-order valence-electron chi connectivity index (χ4n) is 6.93. The lowest BCUT2D eigenvalue weighted by molar-refractivity contribution is -0.145. The third kappa shape index (κ3) is 6.46. The summed E-state index contributed by atoms with van der Waals surface area (Å²) in [7, 11) is 1.40. The summed E-state index contributed by atoms with van der Waals surface area (Å²) in [5.41, 5.74) is 6.42. The molecule has 4 atom stereocenters. The first-order valence-electron chi connectivity index (χ1n) is 16.6. The lowest BCUT2D eigenvalue weighted by atomic mass is 9.98. The van der Waals surface area contributed by atoms with Crippen LogP contribution in [0.4, 0.5) is 0 Å². The minimum atomic E-state index is -1.20. The maximum atomic E-state index is 13.5. The molecule has 7 rings (SSSR count). The SMILES string of the molecule is COC(O)NC(C(=O)N1CCCC1c1ncc(-c2ccc(-c3ccc4cc(-c5cnc(C6CCCN6)[nH]5)ccc4c3)cc2)[nH]1)C(C)C. The van der Waals surface area contributed by atoms with Gasteiger partial charge in [-0.1, -0.05) is 62.4 Å². The Balaban J connectivity index is 1.05. The minimum Gasteiger partial charge on any atom is -0.356 e. The molecule has 0 spiro atoms. The third-order valence-electron chi connectivity index (χ3n) is 9.59. The first-order valence-corrected chi connectivity index (χ1v) is 16.6. The lowest BCUT2D eigenvalue weighted by Crippen LogP contribution is -2.52. The molecule has 2 saturated heterocycles. The van der Waals surface area contributed by atoms with E-state index >= 15 is 0 Å². The molecule has 10 nitrogen and oxygen atoms in total. The molecule has 2 aromatic heterocycles. The zero-order valence-corrected chi connectivity index (χ0v) is 27.2. The van der Waals surface area contributed by atoms with Gasteiger partial charge in [-0.15, -0.1) is 0 Å². The highest BCUT2D eigenvalue weighted by molar-refractivity contribution is 5.90. The van der Waals surface area contributed by atoms with Crippen LogP contribution >= 0.6 is 0 Å². The second-order valence-electron chi connectivity index (χ2n) is 13.0. The lowest BCUT2D eigenvalue weighted by Gasteiger charge is -2.31. The Morgan fingerprint density at radius 2 is 1.51 bits per heavy atom. The molecule has 244 valence electrons. The van der Waals surface area contributed by atoms with Gasteiger partial charge in [-0.2, -0.15) is 0 Å². The standard InChI is InChI=1S/C37H43N7O3/c1-22(2)33(43-37(46)47-3)36(45)44-17-5-7-32(44)35-40-20-30(42-35)24-10-8-23(9-11-24)25-12-13-27-19-28(15-14-26(27)18-25)31-21-39-34(41-31)29-6-4-16-38-29/h8-15,18-22,29,32-33,37-38,43,46H,4-7,16-17H2,1-3H3,(H,39,41)(H,40,42). The summed E-state index contributed by atoms with van der Waals surface area (Å²) in [6.45, 7) is 5.61. The molecular weight excluding hydrogens is 590 g/mol. The van der Waals surface area contributed by atoms with Crippen LogP contribution < -0.4 is 10.6 Å². The molecule has 47 heavy (non-hydrogen) atoms. The summed E-state index contributed by atoms with van der Waals surface area (Å²) in [6.07, 6.45) is 6.63. The number of carbonyl (C=O) groups excluding carboxylic acids is 1. The van der Waals surface area contributed by atoms with E-state index in [4.69, 9.17) is 9.72 Å². The number of carbonyl (C=O) groups is 1. The first kappa shape index (κ1) is 31.3. The molecular formula is C37H43N7O3. The van der Waals surface area contributed by atoms with Gasteiger partial charge in [0.1, 0.15) is 11.6 Å². The van der Waals surface area contributed by atoms with Crippen molar-refractivity contribution in [2.75, 3.05) is 20.2 Å². The number of methoxy groups -OCH3 is 1. The summed E-state index contributed by atoms with van der Waals surface area (Å²) in [6, 6.07) is 21.3. The smallest absolute Gasteiger partial charge is 0.240 e. The van der Waals surface area contributed by atoms with Crippen molar-refractivity contribution in [1.82, 2.24) is 35.5 Å². The molecule has 0 aliphatic carbocycles. The highest BCUT2D eigenvalue weighted by Gasteiger charge is 2.37. The molecule has 1 amide bonds. The number of imidazole rings is 2. The van der Waals surface area contributed by atoms with Crippen molar-refractivity contribution in [3.8, 4) is 33.6 Å². The predicted octanol–water partition coefficient (Wildman–Crippen LogP) is 5.91. The van der Waals surface area contributed by atoms with Crippen molar-refractivity contribution in [2.24, 2.45) is 5.92 Å². The molecule has 5 N–H and O–H groups in total. The van der Waals surface area contributed by atoms with Crippen LogP contribution in [0.3, 0.4) is 0 Å². The molecule has 2 aliphatic rings. The van der Waals surface area contributed by atoms with Gasteiger partial charge in [-0.3, -0.25) is 10.1 Å². The van der Waals surface area contributed by atoms with Crippen molar-refractivity contribution >= 4 is 16.7 Å². The van der Waals surface area contributed by atoms with E-state index in [-0.39, 0.29) is 17.9 Å². The number of hydrogen-bond donors (Lipinski definition) is 5. The molecule has 0 radical (unpaired) electrons. The van der Waals surface area contributed by atoms with E-state index in [1.807, 2.05) is 31.1 Å². The van der Waals surface area contributed by atoms with Crippen LogP contribution in [-0.4, -0.2) is 68.5 Å². The number of amides is 1. The monoisotopic (exact) mass is 633 g/mol. The van der Waals surface area contributed by atoms with Crippen molar-refractivity contribution in [3.05, 3.63) is 84.7 Å². The molecule has 0 bridgehead atoms. The van der Waals surface area contributed by atoms with Gasteiger partial charge in [-0.25, -0.2) is 9.97 Å². The van der Waals surface area contributed by atoms with Gasteiger partial charge >= 0.3 is 0 Å². The fraction of sp³-hybridized carbons (Fsp3) is 0.378. The molecule has 2 fully saturated rings. The summed E-state index contributed by atoms with van der Waals surface area (Å²) in [5.74, 6) is 1.72. The van der Waals surface area contributed by atoms with E-state index in [1.165, 1.54) is 24.3 Å². The number of aromatic nitrogens is 4. The number of likely N-dealkylation sites (tertiary alicyclic amines) is 1. The van der Waals surface area contributed by atoms with E-state index in [1.54, 1.807) is 0 Å². The molecule has 10 heteroatoms. The number of ether oxygens (including phenoxy) is 1. The van der Waals surface area contributed by atoms with Gasteiger partial charge in [-0.05, 0) is 77.7 Å². The quantitative estimate of drug-likeness (QED) is 0.121. The fourth-order valence-corrected chi connectivity index (χ4v) is 6.93. The average molecular weight is 634 g/mol. The van der Waals surface area contributed by atoms with Crippen LogP contribution in [0.5, 0.6) is 0 Å². The number of aliphatic hydroxyl groups is 1. The molecule has 0 saturated carbocycles. The number of rotatable bonds is 10. The maximum absolute atomic E-state index is 13.5. The first-order chi connectivity index (χ1) is 22.9. The van der Waals surface area contributed by atoms with Crippen molar-refractivity contribution in [1.29, 1.82) is 0 Å². The number of nitrogens with one attached hydrogen (secondary N) is 4.